The molecule has 2 fully saturated rings. The van der Waals surface area contributed by atoms with Gasteiger partial charge in [-0.05, 0) is 25.0 Å². The third-order valence-electron chi connectivity index (χ3n) is 4.16. The van der Waals surface area contributed by atoms with E-state index in [2.05, 4.69) is 20.3 Å². The second-order valence-electron chi connectivity index (χ2n) is 5.40. The number of aromatic nitrogens is 1. The Labute approximate surface area is 134 Å². The Morgan fingerprint density at radius 3 is 2.91 bits per heavy atom. The molecule has 0 aromatic carbocycles. The molecular formula is C13H15ClN4O3S. The minimum atomic E-state index is -1.44. The standard InChI is InChI=1S/C13H15ClN4O3S/c14-10-4-3-9(7-15-10)22(21)16-6-8-2-1-5-13(8)11(19)17-12(20)18-13/h3-4,7-8,16H,1-2,5-6H2,(H2,17,18,19,20). The van der Waals surface area contributed by atoms with Crippen LogP contribution in [0.4, 0.5) is 4.79 Å². The summed E-state index contributed by atoms with van der Waals surface area (Å²) in [5.41, 5.74) is -0.869. The molecule has 0 radical (unpaired) electrons. The van der Waals surface area contributed by atoms with Crippen LogP contribution < -0.4 is 15.4 Å². The van der Waals surface area contributed by atoms with Crippen LogP contribution in [0.5, 0.6) is 0 Å². The van der Waals surface area contributed by atoms with Gasteiger partial charge in [-0.2, -0.15) is 0 Å². The highest BCUT2D eigenvalue weighted by atomic mass is 35.5. The monoisotopic (exact) mass is 342 g/mol. The number of imide groups is 1. The van der Waals surface area contributed by atoms with Gasteiger partial charge in [0.15, 0.2) is 0 Å². The van der Waals surface area contributed by atoms with Crippen molar-refractivity contribution in [1.82, 2.24) is 20.3 Å². The van der Waals surface area contributed by atoms with Gasteiger partial charge in [-0.25, -0.2) is 18.7 Å². The number of nitrogens with one attached hydrogen (secondary N) is 3. The van der Waals surface area contributed by atoms with E-state index < -0.39 is 22.6 Å². The lowest BCUT2D eigenvalue weighted by molar-refractivity contribution is -0.125. The SMILES string of the molecule is O=C1NC(=O)C2(CCCC2CNS(=O)c2ccc(Cl)nc2)N1. The van der Waals surface area contributed by atoms with E-state index in [4.69, 9.17) is 11.6 Å². The smallest absolute Gasteiger partial charge is 0.322 e. The molecule has 3 N–H and O–H groups in total. The molecular weight excluding hydrogens is 328 g/mol. The van der Waals surface area contributed by atoms with Crippen molar-refractivity contribution in [3.05, 3.63) is 23.5 Å². The number of amides is 3. The van der Waals surface area contributed by atoms with Crippen LogP contribution in [0.1, 0.15) is 19.3 Å². The Morgan fingerprint density at radius 1 is 1.45 bits per heavy atom. The van der Waals surface area contributed by atoms with Crippen LogP contribution in [0.2, 0.25) is 5.15 Å². The summed E-state index contributed by atoms with van der Waals surface area (Å²) in [6, 6.07) is 2.74. The summed E-state index contributed by atoms with van der Waals surface area (Å²) in [5.74, 6) is -0.385. The fraction of sp³-hybridized carbons (Fsp3) is 0.462. The summed E-state index contributed by atoms with van der Waals surface area (Å²) in [6.45, 7) is 0.364. The van der Waals surface area contributed by atoms with Gasteiger partial charge >= 0.3 is 6.03 Å². The lowest BCUT2D eigenvalue weighted by atomic mass is 9.87. The van der Waals surface area contributed by atoms with Gasteiger partial charge in [-0.1, -0.05) is 18.0 Å². The van der Waals surface area contributed by atoms with Gasteiger partial charge in [-0.3, -0.25) is 10.1 Å². The average Bonchev–Trinajstić information content (AvgIpc) is 3.01. The van der Waals surface area contributed by atoms with Crippen LogP contribution in [0, 0.1) is 5.92 Å². The van der Waals surface area contributed by atoms with Crippen molar-refractivity contribution in [3.63, 3.8) is 0 Å². The molecule has 118 valence electrons. The van der Waals surface area contributed by atoms with Crippen molar-refractivity contribution in [2.24, 2.45) is 5.92 Å². The maximum atomic E-state index is 12.2. The van der Waals surface area contributed by atoms with Crippen LogP contribution in [-0.4, -0.2) is 33.2 Å². The zero-order valence-electron chi connectivity index (χ0n) is 11.6. The molecule has 0 bridgehead atoms. The number of carbonyl (C=O) groups is 2. The van der Waals surface area contributed by atoms with E-state index in [1.165, 1.54) is 6.20 Å². The fourth-order valence-electron chi connectivity index (χ4n) is 3.05. The molecule has 1 aliphatic heterocycles. The minimum Gasteiger partial charge on any atom is -0.323 e. The number of rotatable bonds is 4. The predicted molar refractivity (Wildman–Crippen MR) is 80.4 cm³/mol. The van der Waals surface area contributed by atoms with Gasteiger partial charge < -0.3 is 5.32 Å². The lowest BCUT2D eigenvalue weighted by Crippen LogP contribution is -2.52. The third kappa shape index (κ3) is 2.73. The molecule has 3 amide bonds. The number of pyridine rings is 1. The van der Waals surface area contributed by atoms with Gasteiger partial charge in [0.2, 0.25) is 0 Å². The van der Waals surface area contributed by atoms with E-state index in [-0.39, 0.29) is 11.8 Å². The van der Waals surface area contributed by atoms with Crippen LogP contribution in [-0.2, 0) is 15.8 Å². The van der Waals surface area contributed by atoms with E-state index >= 15 is 0 Å². The van der Waals surface area contributed by atoms with Gasteiger partial charge in [0.1, 0.15) is 21.7 Å². The molecule has 1 saturated carbocycles. The molecule has 7 nitrogen and oxygen atoms in total. The zero-order valence-corrected chi connectivity index (χ0v) is 13.2. The molecule has 3 rings (SSSR count). The Bertz CT molecular complexity index is 639. The summed E-state index contributed by atoms with van der Waals surface area (Å²) in [7, 11) is -1.44. The summed E-state index contributed by atoms with van der Waals surface area (Å²) < 4.78 is 15.1. The highest BCUT2D eigenvalue weighted by Crippen LogP contribution is 2.37. The topological polar surface area (TPSA) is 100 Å². The first-order valence-corrected chi connectivity index (χ1v) is 8.44. The maximum Gasteiger partial charge on any atom is 0.322 e. The van der Waals surface area contributed by atoms with Crippen molar-refractivity contribution >= 4 is 34.5 Å². The fourth-order valence-corrected chi connectivity index (χ4v) is 4.03. The molecule has 1 spiro atoms. The van der Waals surface area contributed by atoms with E-state index in [1.807, 2.05) is 0 Å². The first-order valence-electron chi connectivity index (χ1n) is 6.92. The van der Waals surface area contributed by atoms with Gasteiger partial charge in [0, 0.05) is 18.7 Å². The van der Waals surface area contributed by atoms with Crippen LogP contribution in [0.25, 0.3) is 0 Å². The molecule has 3 unspecified atom stereocenters. The average molecular weight is 343 g/mol. The van der Waals surface area contributed by atoms with Crippen molar-refractivity contribution in [2.75, 3.05) is 6.54 Å². The van der Waals surface area contributed by atoms with Crippen LogP contribution >= 0.6 is 11.6 Å². The molecule has 9 heteroatoms. The normalized spacial score (nSPS) is 28.7. The number of urea groups is 1. The molecule has 1 aromatic heterocycles. The van der Waals surface area contributed by atoms with Crippen molar-refractivity contribution in [1.29, 1.82) is 0 Å². The van der Waals surface area contributed by atoms with Gasteiger partial charge in [-0.15, -0.1) is 0 Å². The van der Waals surface area contributed by atoms with Gasteiger partial charge in [0.05, 0.1) is 4.90 Å². The summed E-state index contributed by atoms with van der Waals surface area (Å²) in [4.78, 5) is 27.9. The highest BCUT2D eigenvalue weighted by Gasteiger charge is 2.54. The molecule has 1 aliphatic carbocycles. The number of hydrogen-bond donors (Lipinski definition) is 3. The van der Waals surface area contributed by atoms with E-state index in [0.717, 1.165) is 12.8 Å². The van der Waals surface area contributed by atoms with Crippen LogP contribution in [0.3, 0.4) is 0 Å². The summed E-state index contributed by atoms with van der Waals surface area (Å²) in [6.07, 6.45) is 3.68. The third-order valence-corrected chi connectivity index (χ3v) is 5.49. The second-order valence-corrected chi connectivity index (χ2v) is 7.09. The Kier molecular flexibility index (Phi) is 4.16. The molecule has 1 aromatic rings. The minimum absolute atomic E-state index is 0.0943. The van der Waals surface area contributed by atoms with E-state index in [0.29, 0.717) is 23.0 Å². The van der Waals surface area contributed by atoms with Crippen molar-refractivity contribution in [3.8, 4) is 0 Å². The Hall–Kier alpha value is -1.51. The maximum absolute atomic E-state index is 12.2. The van der Waals surface area contributed by atoms with Gasteiger partial charge in [0.25, 0.3) is 5.91 Å². The number of halogens is 1. The first kappa shape index (κ1) is 15.4. The molecule has 22 heavy (non-hydrogen) atoms. The van der Waals surface area contributed by atoms with E-state index in [9.17, 15) is 13.8 Å². The lowest BCUT2D eigenvalue weighted by Gasteiger charge is -2.27. The Morgan fingerprint density at radius 2 is 2.27 bits per heavy atom. The van der Waals surface area contributed by atoms with E-state index in [1.54, 1.807) is 12.1 Å². The number of carbonyl (C=O) groups excluding carboxylic acids is 2. The first-order chi connectivity index (χ1) is 10.5. The second kappa shape index (κ2) is 5.94. The summed E-state index contributed by atoms with van der Waals surface area (Å²) in [5, 5.41) is 5.35. The van der Waals surface area contributed by atoms with Crippen molar-refractivity contribution < 1.29 is 13.8 Å². The zero-order chi connectivity index (χ0) is 15.7. The Balaban J connectivity index is 1.66. The number of hydrogen-bond acceptors (Lipinski definition) is 4. The molecule has 1 saturated heterocycles. The van der Waals surface area contributed by atoms with Crippen LogP contribution in [0.15, 0.2) is 23.2 Å². The highest BCUT2D eigenvalue weighted by molar-refractivity contribution is 7.83. The van der Waals surface area contributed by atoms with Crippen molar-refractivity contribution in [2.45, 2.75) is 29.7 Å². The predicted octanol–water partition coefficient (Wildman–Crippen LogP) is 0.725. The largest absolute Gasteiger partial charge is 0.323 e. The summed E-state index contributed by atoms with van der Waals surface area (Å²) >= 11 is 5.69. The molecule has 2 aliphatic rings. The number of nitrogens with zero attached hydrogens (tertiary/aromatic N) is 1. The molecule has 2 heterocycles. The quantitative estimate of drug-likeness (QED) is 0.554. The molecule has 3 atom stereocenters.